The van der Waals surface area contributed by atoms with Crippen LogP contribution in [0.25, 0.3) is 11.1 Å². The van der Waals surface area contributed by atoms with Crippen molar-refractivity contribution in [3.05, 3.63) is 54.1 Å². The molecule has 3 nitrogen and oxygen atoms in total. The predicted octanol–water partition coefficient (Wildman–Crippen LogP) is 2.54. The number of hydrogen-bond acceptors (Lipinski definition) is 3. The van der Waals surface area contributed by atoms with Crippen LogP contribution < -0.4 is 4.74 Å². The van der Waals surface area contributed by atoms with Gasteiger partial charge in [-0.2, -0.15) is 0 Å². The fourth-order valence-electron chi connectivity index (χ4n) is 1.80. The molecule has 0 unspecified atom stereocenters. The van der Waals surface area contributed by atoms with Crippen LogP contribution in [0, 0.1) is 0 Å². The summed E-state index contributed by atoms with van der Waals surface area (Å²) in [5, 5.41) is 8.84. The molecule has 0 saturated carbocycles. The van der Waals surface area contributed by atoms with Crippen molar-refractivity contribution in [1.82, 2.24) is 0 Å². The van der Waals surface area contributed by atoms with E-state index in [0.29, 0.717) is 11.3 Å². The summed E-state index contributed by atoms with van der Waals surface area (Å²) >= 11 is 0. The van der Waals surface area contributed by atoms with E-state index < -0.39 is 0 Å². The van der Waals surface area contributed by atoms with Crippen LogP contribution in [0.15, 0.2) is 48.5 Å². The van der Waals surface area contributed by atoms with Gasteiger partial charge in [0.1, 0.15) is 12.4 Å². The molecule has 92 valence electrons. The highest BCUT2D eigenvalue weighted by atomic mass is 16.5. The summed E-state index contributed by atoms with van der Waals surface area (Å²) < 4.78 is 5.48. The molecule has 0 bridgehead atoms. The smallest absolute Gasteiger partial charge is 0.153 e. The normalized spacial score (nSPS) is 10.1. The quantitative estimate of drug-likeness (QED) is 0.819. The molecule has 0 spiro atoms. The monoisotopic (exact) mass is 242 g/mol. The van der Waals surface area contributed by atoms with Crippen molar-refractivity contribution < 1.29 is 14.6 Å². The lowest BCUT2D eigenvalue weighted by Gasteiger charge is -2.12. The fraction of sp³-hybridized carbons (Fsp3) is 0.133. The molecular weight excluding hydrogens is 228 g/mol. The van der Waals surface area contributed by atoms with Crippen molar-refractivity contribution in [2.75, 3.05) is 13.2 Å². The van der Waals surface area contributed by atoms with Gasteiger partial charge in [-0.05, 0) is 11.6 Å². The molecule has 18 heavy (non-hydrogen) atoms. The summed E-state index contributed by atoms with van der Waals surface area (Å²) in [6, 6.07) is 15.1. The molecule has 1 N–H and O–H groups in total. The first-order valence-electron chi connectivity index (χ1n) is 5.74. The molecule has 2 rings (SSSR count). The van der Waals surface area contributed by atoms with Crippen LogP contribution in [-0.2, 0) is 0 Å². The van der Waals surface area contributed by atoms with Crippen LogP contribution >= 0.6 is 0 Å². The maximum absolute atomic E-state index is 11.0. The Labute approximate surface area is 106 Å². The summed E-state index contributed by atoms with van der Waals surface area (Å²) in [6.07, 6.45) is 0.763. The largest absolute Gasteiger partial charge is 0.490 e. The first-order valence-corrected chi connectivity index (χ1v) is 5.74. The van der Waals surface area contributed by atoms with E-state index in [1.165, 1.54) is 0 Å². The minimum absolute atomic E-state index is 0.0819. The van der Waals surface area contributed by atoms with Crippen molar-refractivity contribution in [2.45, 2.75) is 0 Å². The average molecular weight is 242 g/mol. The molecule has 0 aromatic heterocycles. The number of hydrogen-bond donors (Lipinski definition) is 1. The standard InChI is InChI=1S/C15H14O3/c16-9-10-18-15-13(11-17)7-4-8-14(15)12-5-2-1-3-6-12/h1-8,11,16H,9-10H2. The molecule has 0 heterocycles. The number of carbonyl (C=O) groups is 1. The summed E-state index contributed by atoms with van der Waals surface area (Å²) in [4.78, 5) is 11.0. The second-order valence-electron chi connectivity index (χ2n) is 3.78. The van der Waals surface area contributed by atoms with Crippen molar-refractivity contribution in [1.29, 1.82) is 0 Å². The van der Waals surface area contributed by atoms with E-state index in [4.69, 9.17) is 9.84 Å². The van der Waals surface area contributed by atoms with E-state index in [9.17, 15) is 4.79 Å². The summed E-state index contributed by atoms with van der Waals surface area (Å²) in [5.74, 6) is 0.521. The minimum atomic E-state index is -0.0819. The zero-order valence-corrected chi connectivity index (χ0v) is 9.87. The lowest BCUT2D eigenvalue weighted by Crippen LogP contribution is -2.05. The van der Waals surface area contributed by atoms with Crippen LogP contribution in [0.5, 0.6) is 5.75 Å². The van der Waals surface area contributed by atoms with Crippen LogP contribution in [-0.4, -0.2) is 24.6 Å². The molecule has 0 radical (unpaired) electrons. The molecule has 0 saturated heterocycles. The summed E-state index contributed by atoms with van der Waals surface area (Å²) in [5.41, 5.74) is 2.33. The molecule has 0 aliphatic rings. The number of aliphatic hydroxyl groups excluding tert-OH is 1. The van der Waals surface area contributed by atoms with Gasteiger partial charge in [-0.3, -0.25) is 4.79 Å². The third kappa shape index (κ3) is 2.57. The van der Waals surface area contributed by atoms with Crippen LogP contribution in [0.3, 0.4) is 0 Å². The van der Waals surface area contributed by atoms with Gasteiger partial charge in [-0.1, -0.05) is 42.5 Å². The number of carbonyl (C=O) groups excluding carboxylic acids is 1. The third-order valence-electron chi connectivity index (χ3n) is 2.59. The van der Waals surface area contributed by atoms with E-state index in [2.05, 4.69) is 0 Å². The van der Waals surface area contributed by atoms with Gasteiger partial charge in [0, 0.05) is 5.56 Å². The first kappa shape index (κ1) is 12.3. The van der Waals surface area contributed by atoms with Crippen molar-refractivity contribution in [3.8, 4) is 16.9 Å². The Morgan fingerprint density at radius 1 is 1.06 bits per heavy atom. The zero-order chi connectivity index (χ0) is 12.8. The van der Waals surface area contributed by atoms with Crippen LogP contribution in [0.4, 0.5) is 0 Å². The van der Waals surface area contributed by atoms with E-state index in [0.717, 1.165) is 17.4 Å². The molecular formula is C15H14O3. The molecule has 0 fully saturated rings. The second kappa shape index (κ2) is 5.98. The highest BCUT2D eigenvalue weighted by Crippen LogP contribution is 2.32. The Bertz CT molecular complexity index is 521. The van der Waals surface area contributed by atoms with Gasteiger partial charge in [0.15, 0.2) is 6.29 Å². The van der Waals surface area contributed by atoms with Gasteiger partial charge in [0.05, 0.1) is 12.2 Å². The Morgan fingerprint density at radius 2 is 1.83 bits per heavy atom. The Kier molecular flexibility index (Phi) is 4.10. The van der Waals surface area contributed by atoms with Crippen molar-refractivity contribution in [2.24, 2.45) is 0 Å². The molecule has 2 aromatic carbocycles. The maximum Gasteiger partial charge on any atom is 0.153 e. The number of para-hydroxylation sites is 1. The number of benzene rings is 2. The Hall–Kier alpha value is -2.13. The lowest BCUT2D eigenvalue weighted by atomic mass is 10.0. The van der Waals surface area contributed by atoms with Gasteiger partial charge in [-0.15, -0.1) is 0 Å². The van der Waals surface area contributed by atoms with Crippen molar-refractivity contribution in [3.63, 3.8) is 0 Å². The molecule has 0 amide bonds. The number of aliphatic hydroxyl groups is 1. The fourth-order valence-corrected chi connectivity index (χ4v) is 1.80. The van der Waals surface area contributed by atoms with E-state index in [1.54, 1.807) is 6.07 Å². The molecule has 0 atom stereocenters. The predicted molar refractivity (Wildman–Crippen MR) is 69.8 cm³/mol. The lowest BCUT2D eigenvalue weighted by molar-refractivity contribution is 0.111. The topological polar surface area (TPSA) is 46.5 Å². The first-order chi connectivity index (χ1) is 8.86. The van der Waals surface area contributed by atoms with Gasteiger partial charge in [0.25, 0.3) is 0 Å². The molecule has 3 heteroatoms. The van der Waals surface area contributed by atoms with Gasteiger partial charge in [-0.25, -0.2) is 0 Å². The Balaban J connectivity index is 2.49. The number of ether oxygens (including phenoxy) is 1. The third-order valence-corrected chi connectivity index (χ3v) is 2.59. The van der Waals surface area contributed by atoms with Crippen molar-refractivity contribution >= 4 is 6.29 Å². The molecule has 0 aliphatic carbocycles. The highest BCUT2D eigenvalue weighted by Gasteiger charge is 2.10. The highest BCUT2D eigenvalue weighted by molar-refractivity contribution is 5.86. The van der Waals surface area contributed by atoms with Gasteiger partial charge < -0.3 is 9.84 Å². The summed E-state index contributed by atoms with van der Waals surface area (Å²) in [7, 11) is 0. The Morgan fingerprint density at radius 3 is 2.50 bits per heavy atom. The SMILES string of the molecule is O=Cc1cccc(-c2ccccc2)c1OCCO. The second-order valence-corrected chi connectivity index (χ2v) is 3.78. The van der Waals surface area contributed by atoms with E-state index in [-0.39, 0.29) is 13.2 Å². The number of aldehydes is 1. The summed E-state index contributed by atoms with van der Waals surface area (Å²) in [6.45, 7) is 0.0894. The van der Waals surface area contributed by atoms with Crippen LogP contribution in [0.2, 0.25) is 0 Å². The zero-order valence-electron chi connectivity index (χ0n) is 9.87. The molecule has 2 aromatic rings. The van der Waals surface area contributed by atoms with Crippen LogP contribution in [0.1, 0.15) is 10.4 Å². The molecule has 0 aliphatic heterocycles. The van der Waals surface area contributed by atoms with E-state index >= 15 is 0 Å². The number of rotatable bonds is 5. The van der Waals surface area contributed by atoms with Gasteiger partial charge >= 0.3 is 0 Å². The van der Waals surface area contributed by atoms with Gasteiger partial charge in [0.2, 0.25) is 0 Å². The minimum Gasteiger partial charge on any atom is -0.490 e. The maximum atomic E-state index is 11.0. The average Bonchev–Trinajstić information content (AvgIpc) is 2.45. The van der Waals surface area contributed by atoms with E-state index in [1.807, 2.05) is 42.5 Å².